The van der Waals surface area contributed by atoms with E-state index in [0.717, 1.165) is 0 Å². The lowest BCUT2D eigenvalue weighted by atomic mass is 10.2. The molecule has 0 fully saturated rings. The first-order valence-corrected chi connectivity index (χ1v) is 3.35. The SMILES string of the molecule is COC(OC)C(O)CC(C)=O. The number of aliphatic hydroxyl groups is 1. The van der Waals surface area contributed by atoms with Gasteiger partial charge in [0.15, 0.2) is 6.29 Å². The van der Waals surface area contributed by atoms with Crippen LogP contribution in [0.3, 0.4) is 0 Å². The third-order valence-corrected chi connectivity index (χ3v) is 1.28. The maximum atomic E-state index is 10.5. The molecule has 0 saturated heterocycles. The topological polar surface area (TPSA) is 55.8 Å². The fourth-order valence-corrected chi connectivity index (χ4v) is 0.801. The second-order valence-electron chi connectivity index (χ2n) is 2.31. The van der Waals surface area contributed by atoms with Crippen molar-refractivity contribution in [2.24, 2.45) is 0 Å². The van der Waals surface area contributed by atoms with Crippen molar-refractivity contribution in [3.63, 3.8) is 0 Å². The van der Waals surface area contributed by atoms with Crippen LogP contribution in [0.2, 0.25) is 0 Å². The Hall–Kier alpha value is -0.450. The van der Waals surface area contributed by atoms with Crippen molar-refractivity contribution in [3.8, 4) is 0 Å². The Labute approximate surface area is 66.1 Å². The first-order chi connectivity index (χ1) is 5.11. The largest absolute Gasteiger partial charge is 0.387 e. The second-order valence-corrected chi connectivity index (χ2v) is 2.31. The minimum Gasteiger partial charge on any atom is -0.387 e. The van der Waals surface area contributed by atoms with Crippen LogP contribution in [0.15, 0.2) is 0 Å². The molecule has 0 rings (SSSR count). The van der Waals surface area contributed by atoms with Gasteiger partial charge in [0.2, 0.25) is 0 Å². The predicted octanol–water partition coefficient (Wildman–Crippen LogP) is -0.0547. The fourth-order valence-electron chi connectivity index (χ4n) is 0.801. The summed E-state index contributed by atoms with van der Waals surface area (Å²) in [6, 6.07) is 0. The third-order valence-electron chi connectivity index (χ3n) is 1.28. The highest BCUT2D eigenvalue weighted by Crippen LogP contribution is 2.03. The summed E-state index contributed by atoms with van der Waals surface area (Å²) in [7, 11) is 2.83. The van der Waals surface area contributed by atoms with Crippen molar-refractivity contribution in [1.82, 2.24) is 0 Å². The average Bonchev–Trinajstić information content (AvgIpc) is 1.88. The van der Waals surface area contributed by atoms with E-state index in [1.54, 1.807) is 0 Å². The van der Waals surface area contributed by atoms with Crippen molar-refractivity contribution in [3.05, 3.63) is 0 Å². The standard InChI is InChI=1S/C7H14O4/c1-5(8)4-6(9)7(10-2)11-3/h6-7,9H,4H2,1-3H3. The fraction of sp³-hybridized carbons (Fsp3) is 0.857. The minimum atomic E-state index is -0.873. The zero-order valence-electron chi connectivity index (χ0n) is 7.03. The van der Waals surface area contributed by atoms with Gasteiger partial charge >= 0.3 is 0 Å². The average molecular weight is 162 g/mol. The van der Waals surface area contributed by atoms with Gasteiger partial charge in [-0.15, -0.1) is 0 Å². The normalized spacial score (nSPS) is 13.5. The van der Waals surface area contributed by atoms with Crippen molar-refractivity contribution in [2.45, 2.75) is 25.7 Å². The Bertz CT molecular complexity index is 120. The third kappa shape index (κ3) is 4.08. The van der Waals surface area contributed by atoms with Crippen molar-refractivity contribution < 1.29 is 19.4 Å². The van der Waals surface area contributed by atoms with E-state index in [9.17, 15) is 9.90 Å². The molecule has 0 saturated carbocycles. The Morgan fingerprint density at radius 1 is 1.45 bits per heavy atom. The molecule has 1 atom stereocenters. The summed E-state index contributed by atoms with van der Waals surface area (Å²) >= 11 is 0. The molecule has 0 radical (unpaired) electrons. The van der Waals surface area contributed by atoms with Crippen LogP contribution in [0.4, 0.5) is 0 Å². The molecule has 0 aliphatic heterocycles. The number of Topliss-reactive ketones (excluding diaryl/α,β-unsaturated/α-hetero) is 1. The molecule has 4 nitrogen and oxygen atoms in total. The molecular weight excluding hydrogens is 148 g/mol. The molecule has 11 heavy (non-hydrogen) atoms. The van der Waals surface area contributed by atoms with Gasteiger partial charge in [0, 0.05) is 20.6 Å². The molecule has 0 spiro atoms. The van der Waals surface area contributed by atoms with Crippen LogP contribution >= 0.6 is 0 Å². The summed E-state index contributed by atoms with van der Waals surface area (Å²) in [5.74, 6) is -0.0865. The van der Waals surface area contributed by atoms with Gasteiger partial charge in [-0.05, 0) is 6.92 Å². The number of hydrogen-bond acceptors (Lipinski definition) is 4. The van der Waals surface area contributed by atoms with E-state index in [2.05, 4.69) is 0 Å². The lowest BCUT2D eigenvalue weighted by molar-refractivity contribution is -0.168. The predicted molar refractivity (Wildman–Crippen MR) is 39.1 cm³/mol. The molecular formula is C7H14O4. The molecule has 0 bridgehead atoms. The van der Waals surface area contributed by atoms with Gasteiger partial charge in [-0.2, -0.15) is 0 Å². The van der Waals surface area contributed by atoms with Gasteiger partial charge in [0.1, 0.15) is 11.9 Å². The van der Waals surface area contributed by atoms with E-state index >= 15 is 0 Å². The number of hydrogen-bond donors (Lipinski definition) is 1. The quantitative estimate of drug-likeness (QED) is 0.576. The Kier molecular flexibility index (Phi) is 5.02. The molecule has 1 unspecified atom stereocenters. The van der Waals surface area contributed by atoms with Gasteiger partial charge in [0.25, 0.3) is 0 Å². The second kappa shape index (κ2) is 5.23. The maximum absolute atomic E-state index is 10.5. The summed E-state index contributed by atoms with van der Waals surface area (Å²) in [4.78, 5) is 10.5. The zero-order valence-corrected chi connectivity index (χ0v) is 7.03. The lowest BCUT2D eigenvalue weighted by Crippen LogP contribution is -2.31. The van der Waals surface area contributed by atoms with E-state index in [1.807, 2.05) is 0 Å². The number of ether oxygens (including phenoxy) is 2. The summed E-state index contributed by atoms with van der Waals surface area (Å²) < 4.78 is 9.48. The Morgan fingerprint density at radius 2 is 1.91 bits per heavy atom. The van der Waals surface area contributed by atoms with Crippen LogP contribution < -0.4 is 0 Å². The molecule has 66 valence electrons. The molecule has 1 N–H and O–H groups in total. The highest BCUT2D eigenvalue weighted by molar-refractivity contribution is 5.75. The first-order valence-electron chi connectivity index (χ1n) is 3.35. The monoisotopic (exact) mass is 162 g/mol. The highest BCUT2D eigenvalue weighted by Gasteiger charge is 2.18. The summed E-state index contributed by atoms with van der Waals surface area (Å²) in [5.41, 5.74) is 0. The summed E-state index contributed by atoms with van der Waals surface area (Å²) in [6.45, 7) is 1.41. The van der Waals surface area contributed by atoms with E-state index < -0.39 is 12.4 Å². The van der Waals surface area contributed by atoms with E-state index in [-0.39, 0.29) is 12.2 Å². The number of carbonyl (C=O) groups is 1. The molecule has 0 aromatic heterocycles. The minimum absolute atomic E-state index is 0.0619. The van der Waals surface area contributed by atoms with Gasteiger partial charge in [-0.3, -0.25) is 4.79 Å². The van der Waals surface area contributed by atoms with Crippen LogP contribution in [0.25, 0.3) is 0 Å². The molecule has 0 aliphatic carbocycles. The van der Waals surface area contributed by atoms with Gasteiger partial charge in [-0.25, -0.2) is 0 Å². The molecule has 0 aromatic carbocycles. The summed E-state index contributed by atoms with van der Waals surface area (Å²) in [6.07, 6.45) is -1.52. The number of methoxy groups -OCH3 is 2. The van der Waals surface area contributed by atoms with Crippen LogP contribution in [0, 0.1) is 0 Å². The lowest BCUT2D eigenvalue weighted by Gasteiger charge is -2.18. The first kappa shape index (κ1) is 10.6. The van der Waals surface area contributed by atoms with E-state index in [1.165, 1.54) is 21.1 Å². The van der Waals surface area contributed by atoms with Crippen LogP contribution in [0.5, 0.6) is 0 Å². The molecule has 0 heterocycles. The molecule has 0 aliphatic rings. The smallest absolute Gasteiger partial charge is 0.183 e. The molecule has 0 aromatic rings. The number of carbonyl (C=O) groups excluding carboxylic acids is 1. The van der Waals surface area contributed by atoms with Gasteiger partial charge in [-0.1, -0.05) is 0 Å². The molecule has 0 amide bonds. The van der Waals surface area contributed by atoms with Crippen LogP contribution in [-0.4, -0.2) is 37.5 Å². The Balaban J connectivity index is 3.78. The van der Waals surface area contributed by atoms with Crippen molar-refractivity contribution in [1.29, 1.82) is 0 Å². The molecule has 4 heteroatoms. The number of aliphatic hydroxyl groups excluding tert-OH is 1. The van der Waals surface area contributed by atoms with Crippen molar-refractivity contribution >= 4 is 5.78 Å². The number of ketones is 1. The Morgan fingerprint density at radius 3 is 2.18 bits per heavy atom. The highest BCUT2D eigenvalue weighted by atomic mass is 16.7. The van der Waals surface area contributed by atoms with E-state index in [0.29, 0.717) is 0 Å². The summed E-state index contributed by atoms with van der Waals surface area (Å²) in [5, 5.41) is 9.21. The van der Waals surface area contributed by atoms with Gasteiger partial charge in [0.05, 0.1) is 0 Å². The van der Waals surface area contributed by atoms with Gasteiger partial charge < -0.3 is 14.6 Å². The number of rotatable bonds is 5. The van der Waals surface area contributed by atoms with Crippen LogP contribution in [-0.2, 0) is 14.3 Å². The van der Waals surface area contributed by atoms with Crippen LogP contribution in [0.1, 0.15) is 13.3 Å². The van der Waals surface area contributed by atoms with Crippen molar-refractivity contribution in [2.75, 3.05) is 14.2 Å². The zero-order chi connectivity index (χ0) is 8.85. The van der Waals surface area contributed by atoms with E-state index in [4.69, 9.17) is 9.47 Å². The maximum Gasteiger partial charge on any atom is 0.183 e.